The Labute approximate surface area is 233 Å². The Balaban J connectivity index is 0.00000241. The molecular formula is C27H31Cl2N5O2S. The summed E-state index contributed by atoms with van der Waals surface area (Å²) in [5, 5.41) is 24.1. The number of hydrogen-bond acceptors (Lipinski definition) is 6. The minimum Gasteiger partial charge on any atom is -0.387 e. The maximum absolute atomic E-state index is 12.4. The lowest BCUT2D eigenvalue weighted by Crippen LogP contribution is -2.23. The van der Waals surface area contributed by atoms with Crippen molar-refractivity contribution < 1.29 is 9.90 Å². The van der Waals surface area contributed by atoms with Crippen molar-refractivity contribution in [2.45, 2.75) is 29.9 Å². The van der Waals surface area contributed by atoms with Crippen LogP contribution in [-0.4, -0.2) is 39.3 Å². The van der Waals surface area contributed by atoms with Gasteiger partial charge in [-0.2, -0.15) is 0 Å². The topological polar surface area (TPSA) is 103 Å². The van der Waals surface area contributed by atoms with Gasteiger partial charge in [0.05, 0.1) is 12.5 Å². The van der Waals surface area contributed by atoms with Gasteiger partial charge in [-0.05, 0) is 41.8 Å². The van der Waals surface area contributed by atoms with E-state index >= 15 is 0 Å². The van der Waals surface area contributed by atoms with E-state index in [0.29, 0.717) is 17.5 Å². The van der Waals surface area contributed by atoms with Gasteiger partial charge in [0, 0.05) is 18.0 Å². The number of anilines is 1. The molecule has 0 bridgehead atoms. The van der Waals surface area contributed by atoms with Crippen LogP contribution in [0.25, 0.3) is 0 Å². The first-order chi connectivity index (χ1) is 17.2. The number of nitrogens with one attached hydrogen (secondary N) is 3. The fourth-order valence-corrected chi connectivity index (χ4v) is 4.29. The summed E-state index contributed by atoms with van der Waals surface area (Å²) < 4.78 is 0. The number of benzene rings is 3. The fraction of sp³-hybridized carbons (Fsp3) is 0.222. The number of nitrogens with zero attached hydrogens (tertiary/aromatic N) is 2. The molecule has 4 N–H and O–H groups in total. The molecule has 3 aromatic carbocycles. The number of carbonyl (C=O) groups is 1. The van der Waals surface area contributed by atoms with Crippen molar-refractivity contribution in [1.29, 1.82) is 0 Å². The highest BCUT2D eigenvalue weighted by atomic mass is 35.5. The molecule has 0 aliphatic rings. The molecule has 10 heteroatoms. The summed E-state index contributed by atoms with van der Waals surface area (Å²) in [5.74, 6) is 1.17. The molecule has 0 fully saturated rings. The quantitative estimate of drug-likeness (QED) is 0.144. The molecule has 196 valence electrons. The number of carbonyl (C=O) groups excluding carboxylic acids is 1. The van der Waals surface area contributed by atoms with Crippen molar-refractivity contribution in [1.82, 2.24) is 20.5 Å². The Morgan fingerprint density at radius 2 is 1.59 bits per heavy atom. The molecule has 4 rings (SSSR count). The van der Waals surface area contributed by atoms with E-state index in [1.807, 2.05) is 72.8 Å². The molecule has 37 heavy (non-hydrogen) atoms. The lowest BCUT2D eigenvalue weighted by molar-refractivity contribution is -0.115. The molecule has 1 unspecified atom stereocenters. The number of aromatic nitrogens is 3. The van der Waals surface area contributed by atoms with Gasteiger partial charge in [0.15, 0.2) is 0 Å². The van der Waals surface area contributed by atoms with Gasteiger partial charge in [0.2, 0.25) is 11.1 Å². The van der Waals surface area contributed by atoms with E-state index in [-0.39, 0.29) is 37.1 Å². The smallest absolute Gasteiger partial charge is 0.232 e. The first-order valence-electron chi connectivity index (χ1n) is 11.6. The first-order valence-corrected chi connectivity index (χ1v) is 12.5. The number of hydrogen-bond donors (Lipinski definition) is 4. The highest BCUT2D eigenvalue weighted by molar-refractivity contribution is 7.98. The monoisotopic (exact) mass is 559 g/mol. The molecule has 1 heterocycles. The molecule has 7 nitrogen and oxygen atoms in total. The molecule has 0 saturated carbocycles. The molecule has 4 aromatic rings. The molecule has 1 aromatic heterocycles. The van der Waals surface area contributed by atoms with E-state index in [4.69, 9.17) is 0 Å². The van der Waals surface area contributed by atoms with E-state index in [0.717, 1.165) is 35.5 Å². The minimum atomic E-state index is -0.517. The van der Waals surface area contributed by atoms with Crippen LogP contribution in [0.2, 0.25) is 0 Å². The van der Waals surface area contributed by atoms with Crippen LogP contribution in [-0.2, 0) is 23.4 Å². The normalized spacial score (nSPS) is 11.2. The third-order valence-electron chi connectivity index (χ3n) is 5.40. The standard InChI is InChI=1S/C27H29N5O2S.2ClH/c33-24(22-9-5-2-6-10-22)18-28-16-15-20-11-13-23(14-12-20)29-26(34)17-25-30-27(32-31-25)35-19-21-7-3-1-4-8-21;;/h1-14,24,28,33H,15-19H2,(H,29,34)(H,30,31,32);2*1H. The van der Waals surface area contributed by atoms with Crippen LogP contribution >= 0.6 is 36.6 Å². The van der Waals surface area contributed by atoms with Crippen LogP contribution in [0, 0.1) is 0 Å². The lowest BCUT2D eigenvalue weighted by Gasteiger charge is -2.12. The SMILES string of the molecule is Cl.Cl.O=C(Cc1nc(SCc2ccccc2)n[nH]1)Nc1ccc(CCNCC(O)c2ccccc2)cc1. The molecule has 0 aliphatic heterocycles. The maximum atomic E-state index is 12.4. The van der Waals surface area contributed by atoms with E-state index in [9.17, 15) is 9.90 Å². The lowest BCUT2D eigenvalue weighted by atomic mass is 10.1. The molecule has 0 spiro atoms. The second kappa shape index (κ2) is 16.1. The summed E-state index contributed by atoms with van der Waals surface area (Å²) in [6, 6.07) is 27.5. The van der Waals surface area contributed by atoms with E-state index in [1.54, 1.807) is 0 Å². The number of rotatable bonds is 12. The molecular weight excluding hydrogens is 529 g/mol. The van der Waals surface area contributed by atoms with Gasteiger partial charge < -0.3 is 15.7 Å². The van der Waals surface area contributed by atoms with Crippen molar-refractivity contribution >= 4 is 48.2 Å². The Morgan fingerprint density at radius 1 is 0.919 bits per heavy atom. The van der Waals surface area contributed by atoms with Gasteiger partial charge in [-0.3, -0.25) is 9.89 Å². The summed E-state index contributed by atoms with van der Waals surface area (Å²) in [6.07, 6.45) is 0.447. The van der Waals surface area contributed by atoms with Gasteiger partial charge in [0.1, 0.15) is 5.82 Å². The third kappa shape index (κ3) is 10.2. The summed E-state index contributed by atoms with van der Waals surface area (Å²) in [6.45, 7) is 1.26. The number of aliphatic hydroxyl groups is 1. The predicted octanol–water partition coefficient (Wildman–Crippen LogP) is 4.99. The zero-order chi connectivity index (χ0) is 24.3. The Bertz CT molecular complexity index is 1190. The van der Waals surface area contributed by atoms with Crippen molar-refractivity contribution in [3.63, 3.8) is 0 Å². The summed E-state index contributed by atoms with van der Waals surface area (Å²) in [7, 11) is 0. The van der Waals surface area contributed by atoms with Crippen LogP contribution in [0.15, 0.2) is 90.1 Å². The van der Waals surface area contributed by atoms with Crippen molar-refractivity contribution in [2.24, 2.45) is 0 Å². The molecule has 0 saturated heterocycles. The van der Waals surface area contributed by atoms with Crippen molar-refractivity contribution in [2.75, 3.05) is 18.4 Å². The summed E-state index contributed by atoms with van der Waals surface area (Å²) >= 11 is 1.53. The van der Waals surface area contributed by atoms with Crippen LogP contribution in [0.3, 0.4) is 0 Å². The average Bonchev–Trinajstić information content (AvgIpc) is 3.34. The summed E-state index contributed by atoms with van der Waals surface area (Å²) in [4.78, 5) is 16.8. The van der Waals surface area contributed by atoms with Crippen LogP contribution in [0.1, 0.15) is 28.6 Å². The number of halogens is 2. The van der Waals surface area contributed by atoms with Gasteiger partial charge in [-0.15, -0.1) is 29.9 Å². The Hall–Kier alpha value is -2.88. The zero-order valence-corrected chi connectivity index (χ0v) is 22.6. The number of thioether (sulfide) groups is 1. The third-order valence-corrected chi connectivity index (χ3v) is 6.32. The molecule has 1 amide bonds. The second-order valence-corrected chi connectivity index (χ2v) is 9.08. The minimum absolute atomic E-state index is 0. The van der Waals surface area contributed by atoms with Crippen LogP contribution in [0.5, 0.6) is 0 Å². The number of H-pyrrole nitrogens is 1. The largest absolute Gasteiger partial charge is 0.387 e. The van der Waals surface area contributed by atoms with Crippen molar-refractivity contribution in [3.05, 3.63) is 107 Å². The number of amides is 1. The molecule has 0 aliphatic carbocycles. The van der Waals surface area contributed by atoms with E-state index in [2.05, 4.69) is 37.9 Å². The fourth-order valence-electron chi connectivity index (χ4n) is 3.52. The maximum Gasteiger partial charge on any atom is 0.232 e. The van der Waals surface area contributed by atoms with E-state index in [1.165, 1.54) is 17.3 Å². The highest BCUT2D eigenvalue weighted by Crippen LogP contribution is 2.19. The zero-order valence-electron chi connectivity index (χ0n) is 20.2. The van der Waals surface area contributed by atoms with Gasteiger partial charge >= 0.3 is 0 Å². The highest BCUT2D eigenvalue weighted by Gasteiger charge is 2.10. The van der Waals surface area contributed by atoms with Crippen molar-refractivity contribution in [3.8, 4) is 0 Å². The van der Waals surface area contributed by atoms with Crippen LogP contribution < -0.4 is 10.6 Å². The molecule has 1 atom stereocenters. The first kappa shape index (κ1) is 30.3. The van der Waals surface area contributed by atoms with Gasteiger partial charge in [0.25, 0.3) is 0 Å². The van der Waals surface area contributed by atoms with Gasteiger partial charge in [-0.1, -0.05) is 84.6 Å². The number of aromatic amines is 1. The average molecular weight is 561 g/mol. The Morgan fingerprint density at radius 3 is 2.30 bits per heavy atom. The van der Waals surface area contributed by atoms with E-state index < -0.39 is 6.10 Å². The predicted molar refractivity (Wildman–Crippen MR) is 154 cm³/mol. The van der Waals surface area contributed by atoms with Crippen LogP contribution in [0.4, 0.5) is 5.69 Å². The van der Waals surface area contributed by atoms with Gasteiger partial charge in [-0.25, -0.2) is 4.98 Å². The summed E-state index contributed by atoms with van der Waals surface area (Å²) in [5.41, 5.74) is 4.00. The number of aliphatic hydroxyl groups excluding tert-OH is 1. The molecule has 0 radical (unpaired) electrons. The Kier molecular flexibility index (Phi) is 13.2. The second-order valence-electron chi connectivity index (χ2n) is 8.14.